The summed E-state index contributed by atoms with van der Waals surface area (Å²) >= 11 is 0. The molecule has 1 saturated heterocycles. The molecule has 86 valence electrons. The van der Waals surface area contributed by atoms with Gasteiger partial charge in [-0.2, -0.15) is 0 Å². The lowest BCUT2D eigenvalue weighted by atomic mass is 9.89. The van der Waals surface area contributed by atoms with Crippen LogP contribution >= 0.6 is 0 Å². The standard InChI is InChI=1S/C11H20N2O2/c1-13-6-4-8(5-7-13)10(11(14)15)12-9-2-3-9/h8-10,12H,2-7H2,1H3,(H,14,15). The highest BCUT2D eigenvalue weighted by atomic mass is 16.4. The summed E-state index contributed by atoms with van der Waals surface area (Å²) in [6, 6.07) is 0.164. The Kier molecular flexibility index (Phi) is 3.26. The molecule has 2 fully saturated rings. The summed E-state index contributed by atoms with van der Waals surface area (Å²) in [6.45, 7) is 2.06. The quantitative estimate of drug-likeness (QED) is 0.714. The first-order chi connectivity index (χ1) is 7.16. The van der Waals surface area contributed by atoms with Crippen molar-refractivity contribution in [2.45, 2.75) is 37.8 Å². The van der Waals surface area contributed by atoms with Crippen LogP contribution < -0.4 is 5.32 Å². The first kappa shape index (κ1) is 10.9. The molecule has 1 atom stereocenters. The maximum Gasteiger partial charge on any atom is 0.320 e. The van der Waals surface area contributed by atoms with Crippen molar-refractivity contribution in [1.29, 1.82) is 0 Å². The van der Waals surface area contributed by atoms with Gasteiger partial charge in [0, 0.05) is 6.04 Å². The molecule has 0 aromatic carbocycles. The van der Waals surface area contributed by atoms with Crippen LogP contribution in [0.3, 0.4) is 0 Å². The third kappa shape index (κ3) is 2.92. The molecule has 1 heterocycles. The van der Waals surface area contributed by atoms with Gasteiger partial charge in [0.15, 0.2) is 0 Å². The number of hydrogen-bond donors (Lipinski definition) is 2. The molecule has 4 heteroatoms. The fraction of sp³-hybridized carbons (Fsp3) is 0.909. The van der Waals surface area contributed by atoms with Gasteiger partial charge in [-0.3, -0.25) is 4.79 Å². The van der Waals surface area contributed by atoms with E-state index in [0.717, 1.165) is 38.8 Å². The first-order valence-corrected chi connectivity index (χ1v) is 5.84. The van der Waals surface area contributed by atoms with Crippen molar-refractivity contribution >= 4 is 5.97 Å². The predicted octanol–water partition coefficient (Wildman–Crippen LogP) is 0.533. The van der Waals surface area contributed by atoms with E-state index in [1.165, 1.54) is 0 Å². The molecule has 0 aromatic heterocycles. The summed E-state index contributed by atoms with van der Waals surface area (Å²) in [5, 5.41) is 12.4. The van der Waals surface area contributed by atoms with Crippen molar-refractivity contribution in [3.8, 4) is 0 Å². The Labute approximate surface area is 90.6 Å². The van der Waals surface area contributed by atoms with Crippen LogP contribution in [0.1, 0.15) is 25.7 Å². The third-order valence-electron chi connectivity index (χ3n) is 3.49. The topological polar surface area (TPSA) is 52.6 Å². The van der Waals surface area contributed by atoms with Gasteiger partial charge in [-0.15, -0.1) is 0 Å². The number of nitrogens with zero attached hydrogens (tertiary/aromatic N) is 1. The molecule has 0 aromatic rings. The zero-order chi connectivity index (χ0) is 10.8. The number of carbonyl (C=O) groups is 1. The van der Waals surface area contributed by atoms with Crippen LogP contribution in [0, 0.1) is 5.92 Å². The van der Waals surface area contributed by atoms with Crippen molar-refractivity contribution in [2.75, 3.05) is 20.1 Å². The lowest BCUT2D eigenvalue weighted by Gasteiger charge is -2.32. The monoisotopic (exact) mass is 212 g/mol. The average Bonchev–Trinajstić information content (AvgIpc) is 2.99. The Hall–Kier alpha value is -0.610. The van der Waals surface area contributed by atoms with Crippen molar-refractivity contribution in [2.24, 2.45) is 5.92 Å². The molecule has 1 aliphatic carbocycles. The molecule has 2 aliphatic rings. The second kappa shape index (κ2) is 4.49. The van der Waals surface area contributed by atoms with Crippen LogP contribution in [-0.2, 0) is 4.79 Å². The molecular weight excluding hydrogens is 192 g/mol. The summed E-state index contributed by atoms with van der Waals surface area (Å²) in [5.74, 6) is -0.351. The Morgan fingerprint density at radius 1 is 1.33 bits per heavy atom. The van der Waals surface area contributed by atoms with Crippen LogP contribution in [-0.4, -0.2) is 48.2 Å². The third-order valence-corrected chi connectivity index (χ3v) is 3.49. The normalized spacial score (nSPS) is 26.5. The average molecular weight is 212 g/mol. The zero-order valence-electron chi connectivity index (χ0n) is 9.28. The van der Waals surface area contributed by atoms with Gasteiger partial charge in [-0.05, 0) is 51.7 Å². The predicted molar refractivity (Wildman–Crippen MR) is 57.8 cm³/mol. The lowest BCUT2D eigenvalue weighted by molar-refractivity contribution is -0.141. The molecule has 1 unspecified atom stereocenters. The van der Waals surface area contributed by atoms with E-state index in [1.54, 1.807) is 0 Å². The molecule has 0 amide bonds. The maximum absolute atomic E-state index is 11.2. The minimum atomic E-state index is -0.670. The lowest BCUT2D eigenvalue weighted by Crippen LogP contribution is -2.47. The van der Waals surface area contributed by atoms with Crippen molar-refractivity contribution in [3.63, 3.8) is 0 Å². The molecule has 2 N–H and O–H groups in total. The van der Waals surface area contributed by atoms with Gasteiger partial charge in [-0.1, -0.05) is 0 Å². The van der Waals surface area contributed by atoms with Crippen LogP contribution in [0.5, 0.6) is 0 Å². The summed E-state index contributed by atoms with van der Waals surface area (Å²) in [4.78, 5) is 13.4. The van der Waals surface area contributed by atoms with E-state index in [4.69, 9.17) is 0 Å². The van der Waals surface area contributed by atoms with Gasteiger partial charge in [0.05, 0.1) is 0 Å². The van der Waals surface area contributed by atoms with Gasteiger partial charge in [0.25, 0.3) is 0 Å². The Balaban J connectivity index is 1.88. The molecule has 0 radical (unpaired) electrons. The number of carboxylic acid groups (broad SMARTS) is 1. The number of rotatable bonds is 4. The number of hydrogen-bond acceptors (Lipinski definition) is 3. The smallest absolute Gasteiger partial charge is 0.320 e. The fourth-order valence-corrected chi connectivity index (χ4v) is 2.27. The molecular formula is C11H20N2O2. The molecule has 1 saturated carbocycles. The molecule has 2 rings (SSSR count). The summed E-state index contributed by atoms with van der Waals surface area (Å²) in [7, 11) is 2.10. The highest BCUT2D eigenvalue weighted by Crippen LogP contribution is 2.25. The highest BCUT2D eigenvalue weighted by Gasteiger charge is 2.34. The largest absolute Gasteiger partial charge is 0.480 e. The van der Waals surface area contributed by atoms with Crippen LogP contribution in [0.15, 0.2) is 0 Å². The number of nitrogens with one attached hydrogen (secondary N) is 1. The number of carboxylic acids is 1. The molecule has 1 aliphatic heterocycles. The summed E-state index contributed by atoms with van der Waals surface area (Å²) < 4.78 is 0. The van der Waals surface area contributed by atoms with E-state index in [-0.39, 0.29) is 6.04 Å². The van der Waals surface area contributed by atoms with Crippen LogP contribution in [0.2, 0.25) is 0 Å². The molecule has 0 spiro atoms. The molecule has 4 nitrogen and oxygen atoms in total. The number of aliphatic carboxylic acids is 1. The first-order valence-electron chi connectivity index (χ1n) is 5.84. The molecule has 0 bridgehead atoms. The van der Waals surface area contributed by atoms with Crippen molar-refractivity contribution in [1.82, 2.24) is 10.2 Å². The van der Waals surface area contributed by atoms with Gasteiger partial charge in [-0.25, -0.2) is 0 Å². The van der Waals surface area contributed by atoms with Crippen molar-refractivity contribution in [3.05, 3.63) is 0 Å². The fourth-order valence-electron chi connectivity index (χ4n) is 2.27. The van der Waals surface area contributed by atoms with Gasteiger partial charge in [0.2, 0.25) is 0 Å². The van der Waals surface area contributed by atoms with Gasteiger partial charge in [0.1, 0.15) is 6.04 Å². The Morgan fingerprint density at radius 3 is 2.40 bits per heavy atom. The van der Waals surface area contributed by atoms with Crippen LogP contribution in [0.4, 0.5) is 0 Å². The van der Waals surface area contributed by atoms with E-state index in [1.807, 2.05) is 0 Å². The van der Waals surface area contributed by atoms with E-state index in [0.29, 0.717) is 12.0 Å². The Morgan fingerprint density at radius 2 is 1.93 bits per heavy atom. The number of likely N-dealkylation sites (tertiary alicyclic amines) is 1. The summed E-state index contributed by atoms with van der Waals surface area (Å²) in [5.41, 5.74) is 0. The Bertz CT molecular complexity index is 233. The van der Waals surface area contributed by atoms with Crippen LogP contribution in [0.25, 0.3) is 0 Å². The van der Waals surface area contributed by atoms with E-state index >= 15 is 0 Å². The maximum atomic E-state index is 11.2. The SMILES string of the molecule is CN1CCC(C(NC2CC2)C(=O)O)CC1. The minimum absolute atomic E-state index is 0.314. The van der Waals surface area contributed by atoms with Gasteiger partial charge >= 0.3 is 5.97 Å². The second-order valence-corrected chi connectivity index (χ2v) is 4.90. The van der Waals surface area contributed by atoms with Gasteiger partial charge < -0.3 is 15.3 Å². The van der Waals surface area contributed by atoms with E-state index < -0.39 is 5.97 Å². The highest BCUT2D eigenvalue weighted by molar-refractivity contribution is 5.74. The van der Waals surface area contributed by atoms with E-state index in [9.17, 15) is 9.90 Å². The zero-order valence-corrected chi connectivity index (χ0v) is 9.28. The second-order valence-electron chi connectivity index (χ2n) is 4.90. The number of piperidine rings is 1. The molecule has 15 heavy (non-hydrogen) atoms. The summed E-state index contributed by atoms with van der Waals surface area (Å²) in [6.07, 6.45) is 4.31. The van der Waals surface area contributed by atoms with Crippen molar-refractivity contribution < 1.29 is 9.90 Å². The minimum Gasteiger partial charge on any atom is -0.480 e. The van der Waals surface area contributed by atoms with E-state index in [2.05, 4.69) is 17.3 Å².